The Bertz CT molecular complexity index is 2630. The van der Waals surface area contributed by atoms with Crippen LogP contribution in [-0.4, -0.2) is 4.57 Å². The SMILES string of the molecule is Cc1cc(-c2c3ccccc3c(-c3ccc4ccccc4c3)c3ccc(-n4c(-c5ccccc5)ccc4-c4ccccc4)cc23)cc(C)c1C. The van der Waals surface area contributed by atoms with E-state index < -0.39 is 0 Å². The number of fused-ring (bicyclic) bond motifs is 3. The Kier molecular flexibility index (Phi) is 7.21. The van der Waals surface area contributed by atoms with E-state index in [1.807, 2.05) is 0 Å². The number of rotatable bonds is 5. The van der Waals surface area contributed by atoms with Gasteiger partial charge in [0, 0.05) is 5.69 Å². The third-order valence-corrected chi connectivity index (χ3v) is 10.5. The smallest absolute Gasteiger partial charge is 0.0535 e. The van der Waals surface area contributed by atoms with E-state index in [1.54, 1.807) is 0 Å². The van der Waals surface area contributed by atoms with Gasteiger partial charge in [-0.3, -0.25) is 0 Å². The van der Waals surface area contributed by atoms with E-state index in [2.05, 4.69) is 195 Å². The molecule has 0 aliphatic rings. The maximum atomic E-state index is 2.44. The summed E-state index contributed by atoms with van der Waals surface area (Å²) in [4.78, 5) is 0. The second-order valence-corrected chi connectivity index (χ2v) is 13.5. The van der Waals surface area contributed by atoms with Gasteiger partial charge in [-0.25, -0.2) is 0 Å². The lowest BCUT2D eigenvalue weighted by Gasteiger charge is -2.21. The van der Waals surface area contributed by atoms with Crippen molar-refractivity contribution in [3.8, 4) is 50.5 Å². The van der Waals surface area contributed by atoms with Crippen LogP contribution in [0.1, 0.15) is 16.7 Å². The fraction of sp³-hybridized carbons (Fsp3) is 0.0612. The Hall–Kier alpha value is -6.18. The molecule has 8 aromatic carbocycles. The molecule has 0 bridgehead atoms. The average molecular weight is 640 g/mol. The highest BCUT2D eigenvalue weighted by Gasteiger charge is 2.20. The number of benzene rings is 8. The van der Waals surface area contributed by atoms with Crippen LogP contribution in [0.25, 0.3) is 82.8 Å². The highest BCUT2D eigenvalue weighted by molar-refractivity contribution is 6.22. The maximum absolute atomic E-state index is 2.44. The van der Waals surface area contributed by atoms with Gasteiger partial charge in [-0.15, -0.1) is 0 Å². The van der Waals surface area contributed by atoms with E-state index in [0.717, 1.165) is 5.69 Å². The first-order chi connectivity index (χ1) is 24.5. The zero-order valence-electron chi connectivity index (χ0n) is 28.6. The maximum Gasteiger partial charge on any atom is 0.0535 e. The third kappa shape index (κ3) is 4.94. The molecule has 9 aromatic rings. The molecule has 0 aliphatic carbocycles. The van der Waals surface area contributed by atoms with Crippen molar-refractivity contribution in [2.24, 2.45) is 0 Å². The van der Waals surface area contributed by atoms with E-state index >= 15 is 0 Å². The van der Waals surface area contributed by atoms with Crippen molar-refractivity contribution in [3.63, 3.8) is 0 Å². The molecule has 50 heavy (non-hydrogen) atoms. The molecule has 0 fully saturated rings. The molecule has 0 unspecified atom stereocenters. The van der Waals surface area contributed by atoms with Crippen molar-refractivity contribution in [3.05, 3.63) is 187 Å². The quantitative estimate of drug-likeness (QED) is 0.165. The van der Waals surface area contributed by atoms with Crippen LogP contribution in [0.4, 0.5) is 0 Å². The molecule has 0 aliphatic heterocycles. The predicted molar refractivity (Wildman–Crippen MR) is 214 cm³/mol. The molecule has 0 saturated carbocycles. The molecule has 0 N–H and O–H groups in total. The van der Waals surface area contributed by atoms with Gasteiger partial charge in [0.05, 0.1) is 11.4 Å². The average Bonchev–Trinajstić information content (AvgIpc) is 3.61. The first kappa shape index (κ1) is 29.9. The van der Waals surface area contributed by atoms with Crippen LogP contribution in [0.15, 0.2) is 170 Å². The van der Waals surface area contributed by atoms with Gasteiger partial charge in [0.25, 0.3) is 0 Å². The summed E-state index contributed by atoms with van der Waals surface area (Å²) < 4.78 is 2.43. The fourth-order valence-corrected chi connectivity index (χ4v) is 7.84. The van der Waals surface area contributed by atoms with Crippen molar-refractivity contribution in [2.45, 2.75) is 20.8 Å². The van der Waals surface area contributed by atoms with Gasteiger partial charge in [0.1, 0.15) is 0 Å². The standard InChI is InChI=1S/C49H37N/c1-32-28-40(29-33(2)34(32)3)49-43-21-13-12-20-42(43)48(39-23-22-35-14-10-11-19-38(35)30-39)44-25-24-41(31-45(44)49)50-46(36-15-6-4-7-16-36)26-27-47(50)37-17-8-5-9-18-37/h4-31H,1-3H3. The molecule has 0 radical (unpaired) electrons. The van der Waals surface area contributed by atoms with Crippen molar-refractivity contribution in [1.82, 2.24) is 4.57 Å². The van der Waals surface area contributed by atoms with E-state index in [4.69, 9.17) is 0 Å². The van der Waals surface area contributed by atoms with Crippen molar-refractivity contribution in [2.75, 3.05) is 0 Å². The van der Waals surface area contributed by atoms with Gasteiger partial charge < -0.3 is 4.57 Å². The fourth-order valence-electron chi connectivity index (χ4n) is 7.84. The van der Waals surface area contributed by atoms with Gasteiger partial charge >= 0.3 is 0 Å². The summed E-state index contributed by atoms with van der Waals surface area (Å²) in [6.45, 7) is 6.71. The second kappa shape index (κ2) is 12.1. The summed E-state index contributed by atoms with van der Waals surface area (Å²) in [6.07, 6.45) is 0. The lowest BCUT2D eigenvalue weighted by atomic mass is 9.84. The Morgan fingerprint density at radius 1 is 0.340 bits per heavy atom. The van der Waals surface area contributed by atoms with Gasteiger partial charge in [-0.2, -0.15) is 0 Å². The van der Waals surface area contributed by atoms with E-state index in [9.17, 15) is 0 Å². The van der Waals surface area contributed by atoms with Crippen LogP contribution in [0, 0.1) is 20.8 Å². The first-order valence-electron chi connectivity index (χ1n) is 17.4. The molecule has 238 valence electrons. The molecule has 1 heterocycles. The number of aromatic nitrogens is 1. The van der Waals surface area contributed by atoms with Crippen LogP contribution < -0.4 is 0 Å². The molecule has 0 saturated heterocycles. The van der Waals surface area contributed by atoms with E-state index in [-0.39, 0.29) is 0 Å². The lowest BCUT2D eigenvalue weighted by molar-refractivity contribution is 1.10. The van der Waals surface area contributed by atoms with Crippen LogP contribution in [0.3, 0.4) is 0 Å². The largest absolute Gasteiger partial charge is 0.309 e. The Morgan fingerprint density at radius 3 is 1.48 bits per heavy atom. The molecule has 1 nitrogen and oxygen atoms in total. The van der Waals surface area contributed by atoms with Crippen LogP contribution in [-0.2, 0) is 0 Å². The van der Waals surface area contributed by atoms with E-state index in [0.29, 0.717) is 0 Å². The van der Waals surface area contributed by atoms with Crippen LogP contribution >= 0.6 is 0 Å². The van der Waals surface area contributed by atoms with Gasteiger partial charge in [-0.05, 0) is 133 Å². The lowest BCUT2D eigenvalue weighted by Crippen LogP contribution is -2.00. The van der Waals surface area contributed by atoms with Gasteiger partial charge in [0.2, 0.25) is 0 Å². The molecule has 0 amide bonds. The Balaban J connectivity index is 1.41. The van der Waals surface area contributed by atoms with Gasteiger partial charge in [-0.1, -0.05) is 140 Å². The van der Waals surface area contributed by atoms with Crippen LogP contribution in [0.5, 0.6) is 0 Å². The minimum absolute atomic E-state index is 1.14. The highest BCUT2D eigenvalue weighted by atomic mass is 15.0. The Morgan fingerprint density at radius 2 is 0.860 bits per heavy atom. The van der Waals surface area contributed by atoms with Gasteiger partial charge in [0.15, 0.2) is 0 Å². The topological polar surface area (TPSA) is 4.93 Å². The summed E-state index contributed by atoms with van der Waals surface area (Å²) in [6, 6.07) is 62.4. The minimum atomic E-state index is 1.14. The highest BCUT2D eigenvalue weighted by Crippen LogP contribution is 2.46. The molecule has 1 aromatic heterocycles. The summed E-state index contributed by atoms with van der Waals surface area (Å²) in [5.41, 5.74) is 14.9. The normalized spacial score (nSPS) is 11.5. The summed E-state index contributed by atoms with van der Waals surface area (Å²) in [5, 5.41) is 7.54. The summed E-state index contributed by atoms with van der Waals surface area (Å²) in [7, 11) is 0. The predicted octanol–water partition coefficient (Wildman–Crippen LogP) is 13.5. The third-order valence-electron chi connectivity index (χ3n) is 10.5. The molecule has 9 rings (SSSR count). The van der Waals surface area contributed by atoms with Crippen molar-refractivity contribution in [1.29, 1.82) is 0 Å². The second-order valence-electron chi connectivity index (χ2n) is 13.5. The van der Waals surface area contributed by atoms with Crippen molar-refractivity contribution >= 4 is 32.3 Å². The van der Waals surface area contributed by atoms with Crippen LogP contribution in [0.2, 0.25) is 0 Å². The Labute approximate surface area is 293 Å². The number of hydrogen-bond acceptors (Lipinski definition) is 0. The zero-order valence-corrected chi connectivity index (χ0v) is 28.6. The summed E-state index contributed by atoms with van der Waals surface area (Å²) >= 11 is 0. The first-order valence-corrected chi connectivity index (χ1v) is 17.4. The summed E-state index contributed by atoms with van der Waals surface area (Å²) in [5.74, 6) is 0. The van der Waals surface area contributed by atoms with E-state index in [1.165, 1.54) is 93.8 Å². The zero-order chi connectivity index (χ0) is 33.8. The number of nitrogens with zero attached hydrogens (tertiary/aromatic N) is 1. The molecular weight excluding hydrogens is 603 g/mol. The molecule has 1 heteroatoms. The minimum Gasteiger partial charge on any atom is -0.309 e. The number of aryl methyl sites for hydroxylation is 2. The molecule has 0 spiro atoms. The molecular formula is C49H37N. The van der Waals surface area contributed by atoms with Crippen molar-refractivity contribution < 1.29 is 0 Å². The monoisotopic (exact) mass is 639 g/mol. The number of hydrogen-bond donors (Lipinski definition) is 0. The molecule has 0 atom stereocenters.